The number of hydrogen-bond acceptors (Lipinski definition) is 5. The molecule has 4 rings (SSSR count). The fourth-order valence-corrected chi connectivity index (χ4v) is 3.55. The number of fused-ring (bicyclic) bond motifs is 1. The summed E-state index contributed by atoms with van der Waals surface area (Å²) in [6, 6.07) is 21.1. The zero-order valence-corrected chi connectivity index (χ0v) is 17.0. The van der Waals surface area contributed by atoms with Crippen LogP contribution >= 0.6 is 11.8 Å². The van der Waals surface area contributed by atoms with Gasteiger partial charge >= 0.3 is 0 Å². The number of H-pyrrole nitrogens is 1. The molecule has 0 fully saturated rings. The molecule has 7 nitrogen and oxygen atoms in total. The Balaban J connectivity index is 1.34. The highest BCUT2D eigenvalue weighted by Crippen LogP contribution is 2.22. The van der Waals surface area contributed by atoms with E-state index in [4.69, 9.17) is 0 Å². The Morgan fingerprint density at radius 2 is 1.67 bits per heavy atom. The number of carbonyl (C=O) groups excluding carboxylic acids is 2. The van der Waals surface area contributed by atoms with Crippen LogP contribution in [0.2, 0.25) is 0 Å². The van der Waals surface area contributed by atoms with Gasteiger partial charge in [-0.3, -0.25) is 14.7 Å². The molecule has 0 saturated heterocycles. The standard InChI is InChI=1S/C22H19N5O2S/c1-14(28)23-18-9-7-16(8-10-18)21-25-22(27-26-21)30-13-20(29)24-19-11-6-15-4-2-3-5-17(15)12-19/h2-12H,13H2,1H3,(H,23,28)(H,24,29)(H,25,26,27). The predicted molar refractivity (Wildman–Crippen MR) is 119 cm³/mol. The van der Waals surface area contributed by atoms with E-state index >= 15 is 0 Å². The minimum absolute atomic E-state index is 0.122. The number of rotatable bonds is 6. The van der Waals surface area contributed by atoms with Crippen LogP contribution < -0.4 is 10.6 Å². The van der Waals surface area contributed by atoms with E-state index in [1.165, 1.54) is 18.7 Å². The topological polar surface area (TPSA) is 99.8 Å². The van der Waals surface area contributed by atoms with Crippen molar-refractivity contribution in [3.8, 4) is 11.4 Å². The van der Waals surface area contributed by atoms with Gasteiger partial charge in [0.2, 0.25) is 17.0 Å². The van der Waals surface area contributed by atoms with Gasteiger partial charge in [0, 0.05) is 23.9 Å². The molecule has 4 aromatic rings. The van der Waals surface area contributed by atoms with Crippen LogP contribution in [0.1, 0.15) is 6.92 Å². The quantitative estimate of drug-likeness (QED) is 0.406. The largest absolute Gasteiger partial charge is 0.326 e. The highest BCUT2D eigenvalue weighted by atomic mass is 32.2. The van der Waals surface area contributed by atoms with Gasteiger partial charge in [-0.25, -0.2) is 4.98 Å². The third-order valence-electron chi connectivity index (χ3n) is 4.31. The Morgan fingerprint density at radius 1 is 0.933 bits per heavy atom. The Morgan fingerprint density at radius 3 is 2.43 bits per heavy atom. The average Bonchev–Trinajstić information content (AvgIpc) is 3.21. The van der Waals surface area contributed by atoms with Crippen LogP contribution in [0.4, 0.5) is 11.4 Å². The second kappa shape index (κ2) is 8.79. The average molecular weight is 417 g/mol. The lowest BCUT2D eigenvalue weighted by Crippen LogP contribution is -2.14. The first-order valence-electron chi connectivity index (χ1n) is 9.29. The number of aromatic amines is 1. The molecule has 0 spiro atoms. The minimum Gasteiger partial charge on any atom is -0.326 e. The summed E-state index contributed by atoms with van der Waals surface area (Å²) in [6.45, 7) is 1.46. The molecule has 150 valence electrons. The fourth-order valence-electron chi connectivity index (χ4n) is 2.95. The summed E-state index contributed by atoms with van der Waals surface area (Å²) in [4.78, 5) is 27.8. The normalized spacial score (nSPS) is 10.7. The molecular formula is C22H19N5O2S. The van der Waals surface area contributed by atoms with Crippen molar-refractivity contribution in [1.29, 1.82) is 0 Å². The summed E-state index contributed by atoms with van der Waals surface area (Å²) in [7, 11) is 0. The highest BCUT2D eigenvalue weighted by Gasteiger charge is 2.10. The summed E-state index contributed by atoms with van der Waals surface area (Å²) in [5.41, 5.74) is 2.31. The maximum absolute atomic E-state index is 12.3. The number of benzene rings is 3. The van der Waals surface area contributed by atoms with Gasteiger partial charge in [-0.05, 0) is 47.2 Å². The van der Waals surface area contributed by atoms with Crippen LogP contribution in [0.15, 0.2) is 71.9 Å². The van der Waals surface area contributed by atoms with E-state index in [2.05, 4.69) is 25.8 Å². The molecule has 2 amide bonds. The van der Waals surface area contributed by atoms with Crippen LogP contribution in [0.5, 0.6) is 0 Å². The summed E-state index contributed by atoms with van der Waals surface area (Å²) >= 11 is 1.26. The van der Waals surface area contributed by atoms with Crippen LogP contribution in [0.3, 0.4) is 0 Å². The number of hydrogen-bond donors (Lipinski definition) is 3. The predicted octanol–water partition coefficient (Wildman–Crippen LogP) is 4.31. The first-order valence-corrected chi connectivity index (χ1v) is 10.3. The van der Waals surface area contributed by atoms with Gasteiger partial charge in [0.05, 0.1) is 5.75 Å². The second-order valence-corrected chi connectivity index (χ2v) is 7.57. The number of nitrogens with zero attached hydrogens (tertiary/aromatic N) is 2. The van der Waals surface area contributed by atoms with Gasteiger partial charge < -0.3 is 10.6 Å². The van der Waals surface area contributed by atoms with Crippen molar-refractivity contribution in [3.63, 3.8) is 0 Å². The van der Waals surface area contributed by atoms with Gasteiger partial charge in [-0.2, -0.15) is 0 Å². The van der Waals surface area contributed by atoms with Gasteiger partial charge in [0.25, 0.3) is 0 Å². The molecular weight excluding hydrogens is 398 g/mol. The molecule has 30 heavy (non-hydrogen) atoms. The number of carbonyl (C=O) groups is 2. The van der Waals surface area contributed by atoms with Gasteiger partial charge in [-0.15, -0.1) is 5.10 Å². The Kier molecular flexibility index (Phi) is 5.76. The van der Waals surface area contributed by atoms with Crippen LogP contribution in [0.25, 0.3) is 22.2 Å². The van der Waals surface area contributed by atoms with Gasteiger partial charge in [-0.1, -0.05) is 42.1 Å². The number of amides is 2. The molecule has 0 radical (unpaired) electrons. The summed E-state index contributed by atoms with van der Waals surface area (Å²) < 4.78 is 0. The van der Waals surface area contributed by atoms with E-state index in [-0.39, 0.29) is 17.6 Å². The number of thioether (sulfide) groups is 1. The maximum Gasteiger partial charge on any atom is 0.234 e. The molecule has 1 heterocycles. The van der Waals surface area contributed by atoms with Crippen molar-refractivity contribution in [2.75, 3.05) is 16.4 Å². The first kappa shape index (κ1) is 19.7. The Bertz CT molecular complexity index is 1200. The highest BCUT2D eigenvalue weighted by molar-refractivity contribution is 7.99. The SMILES string of the molecule is CC(=O)Nc1ccc(-c2nc(SCC(=O)Nc3ccc4ccccc4c3)n[nH]2)cc1. The first-order chi connectivity index (χ1) is 14.6. The zero-order valence-electron chi connectivity index (χ0n) is 16.2. The lowest BCUT2D eigenvalue weighted by Gasteiger charge is -2.05. The molecule has 8 heteroatoms. The minimum atomic E-state index is -0.124. The summed E-state index contributed by atoms with van der Waals surface area (Å²) in [5.74, 6) is 0.553. The molecule has 0 aliphatic rings. The molecule has 0 bridgehead atoms. The van der Waals surface area contributed by atoms with Crippen LogP contribution in [-0.2, 0) is 9.59 Å². The molecule has 3 N–H and O–H groups in total. The summed E-state index contributed by atoms with van der Waals surface area (Å²) in [6.07, 6.45) is 0. The van der Waals surface area contributed by atoms with E-state index in [0.717, 1.165) is 22.0 Å². The van der Waals surface area contributed by atoms with Gasteiger partial charge in [0.15, 0.2) is 5.82 Å². The van der Waals surface area contributed by atoms with Crippen molar-refractivity contribution < 1.29 is 9.59 Å². The molecule has 0 aliphatic carbocycles. The van der Waals surface area contributed by atoms with E-state index in [9.17, 15) is 9.59 Å². The maximum atomic E-state index is 12.3. The Hall–Kier alpha value is -3.65. The molecule has 0 atom stereocenters. The van der Waals surface area contributed by atoms with Crippen molar-refractivity contribution >= 4 is 45.7 Å². The zero-order chi connectivity index (χ0) is 20.9. The van der Waals surface area contributed by atoms with Crippen molar-refractivity contribution in [1.82, 2.24) is 15.2 Å². The van der Waals surface area contributed by atoms with E-state index < -0.39 is 0 Å². The van der Waals surface area contributed by atoms with Gasteiger partial charge in [0.1, 0.15) is 0 Å². The van der Waals surface area contributed by atoms with E-state index in [1.54, 1.807) is 12.1 Å². The van der Waals surface area contributed by atoms with Crippen molar-refractivity contribution in [3.05, 3.63) is 66.7 Å². The van der Waals surface area contributed by atoms with Crippen LogP contribution in [0, 0.1) is 0 Å². The number of nitrogens with one attached hydrogen (secondary N) is 3. The molecule has 3 aromatic carbocycles. The monoisotopic (exact) mass is 417 g/mol. The third kappa shape index (κ3) is 4.84. The van der Waals surface area contributed by atoms with E-state index in [1.807, 2.05) is 54.6 Å². The van der Waals surface area contributed by atoms with Crippen LogP contribution in [-0.4, -0.2) is 32.7 Å². The third-order valence-corrected chi connectivity index (χ3v) is 5.16. The molecule has 0 unspecified atom stereocenters. The smallest absolute Gasteiger partial charge is 0.234 e. The van der Waals surface area contributed by atoms with Crippen molar-refractivity contribution in [2.24, 2.45) is 0 Å². The van der Waals surface area contributed by atoms with E-state index in [0.29, 0.717) is 16.7 Å². The Labute approximate surface area is 177 Å². The lowest BCUT2D eigenvalue weighted by atomic mass is 10.1. The fraction of sp³-hybridized carbons (Fsp3) is 0.0909. The molecule has 0 aliphatic heterocycles. The number of anilines is 2. The molecule has 0 saturated carbocycles. The number of aromatic nitrogens is 3. The molecule has 1 aromatic heterocycles. The second-order valence-electron chi connectivity index (χ2n) is 6.62. The summed E-state index contributed by atoms with van der Waals surface area (Å²) in [5, 5.41) is 15.4. The van der Waals surface area contributed by atoms with Crippen molar-refractivity contribution in [2.45, 2.75) is 12.1 Å². The lowest BCUT2D eigenvalue weighted by molar-refractivity contribution is -0.114.